The molecule has 80 valence electrons. The number of hydrogen-bond donors (Lipinski definition) is 2. The summed E-state index contributed by atoms with van der Waals surface area (Å²) in [5.74, 6) is 0.791. The number of rotatable bonds is 7. The Morgan fingerprint density at radius 2 is 2.15 bits per heavy atom. The summed E-state index contributed by atoms with van der Waals surface area (Å²) < 4.78 is 0. The molecule has 0 radical (unpaired) electrons. The van der Waals surface area contributed by atoms with Crippen LogP contribution in [0.2, 0.25) is 0 Å². The second kappa shape index (κ2) is 6.68. The van der Waals surface area contributed by atoms with Gasteiger partial charge in [0.2, 0.25) is 0 Å². The summed E-state index contributed by atoms with van der Waals surface area (Å²) in [7, 11) is 0. The van der Waals surface area contributed by atoms with Crippen LogP contribution in [0.25, 0.3) is 0 Å². The van der Waals surface area contributed by atoms with Crippen LogP contribution in [0.5, 0.6) is 0 Å². The molecule has 0 rings (SSSR count). The van der Waals surface area contributed by atoms with Gasteiger partial charge in [0.05, 0.1) is 5.60 Å². The van der Waals surface area contributed by atoms with Gasteiger partial charge in [0.25, 0.3) is 0 Å². The molecule has 0 spiro atoms. The van der Waals surface area contributed by atoms with E-state index in [2.05, 4.69) is 19.2 Å². The van der Waals surface area contributed by atoms with Gasteiger partial charge in [-0.25, -0.2) is 0 Å². The summed E-state index contributed by atoms with van der Waals surface area (Å²) in [4.78, 5) is 0. The van der Waals surface area contributed by atoms with Crippen molar-refractivity contribution in [1.29, 1.82) is 0 Å². The third kappa shape index (κ3) is 7.35. The van der Waals surface area contributed by atoms with E-state index in [4.69, 9.17) is 0 Å². The van der Waals surface area contributed by atoms with Gasteiger partial charge < -0.3 is 10.4 Å². The average molecular weight is 205 g/mol. The topological polar surface area (TPSA) is 32.3 Å². The first-order valence-corrected chi connectivity index (χ1v) is 6.36. The van der Waals surface area contributed by atoms with Crippen molar-refractivity contribution < 1.29 is 5.11 Å². The third-order valence-electron chi connectivity index (χ3n) is 2.01. The third-order valence-corrected chi connectivity index (χ3v) is 2.92. The lowest BCUT2D eigenvalue weighted by molar-refractivity contribution is 0.0817. The van der Waals surface area contributed by atoms with Crippen LogP contribution >= 0.6 is 11.8 Å². The van der Waals surface area contributed by atoms with Crippen LogP contribution in [0, 0.1) is 0 Å². The highest BCUT2D eigenvalue weighted by molar-refractivity contribution is 7.98. The fourth-order valence-electron chi connectivity index (χ4n) is 1.29. The maximum absolute atomic E-state index is 9.85. The van der Waals surface area contributed by atoms with Gasteiger partial charge in [-0.15, -0.1) is 0 Å². The Morgan fingerprint density at radius 1 is 1.54 bits per heavy atom. The highest BCUT2D eigenvalue weighted by atomic mass is 32.2. The monoisotopic (exact) mass is 205 g/mol. The van der Waals surface area contributed by atoms with Crippen LogP contribution < -0.4 is 5.32 Å². The summed E-state index contributed by atoms with van der Waals surface area (Å²) in [5.41, 5.74) is -0.568. The molecular formula is C10H23NOS. The summed E-state index contributed by atoms with van der Waals surface area (Å²) in [5, 5.41) is 13.2. The predicted octanol–water partition coefficient (Wildman–Crippen LogP) is 1.88. The second-order valence-electron chi connectivity index (χ2n) is 4.00. The van der Waals surface area contributed by atoms with Crippen LogP contribution in [0.3, 0.4) is 0 Å². The molecule has 0 aliphatic heterocycles. The Kier molecular flexibility index (Phi) is 6.82. The van der Waals surface area contributed by atoms with Gasteiger partial charge in [0.15, 0.2) is 0 Å². The van der Waals surface area contributed by atoms with E-state index < -0.39 is 5.60 Å². The molecule has 0 aliphatic rings. The van der Waals surface area contributed by atoms with Crippen LogP contribution in [0.1, 0.15) is 33.6 Å². The number of aliphatic hydroxyl groups is 1. The van der Waals surface area contributed by atoms with Gasteiger partial charge in [-0.2, -0.15) is 11.8 Å². The second-order valence-corrected chi connectivity index (χ2v) is 4.87. The molecular weight excluding hydrogens is 182 g/mol. The standard InChI is InChI=1S/C10H23NOS/c1-5-6-9(2)11-7-10(3,12)8-13-4/h9,11-12H,5-8H2,1-4H3. The van der Waals surface area contributed by atoms with Gasteiger partial charge in [0, 0.05) is 18.3 Å². The van der Waals surface area contributed by atoms with Crippen molar-refractivity contribution in [1.82, 2.24) is 5.32 Å². The minimum atomic E-state index is -0.568. The van der Waals surface area contributed by atoms with E-state index >= 15 is 0 Å². The minimum absolute atomic E-state index is 0.512. The Hall–Kier alpha value is 0.270. The summed E-state index contributed by atoms with van der Waals surface area (Å²) in [6, 6.07) is 0.512. The van der Waals surface area contributed by atoms with Gasteiger partial charge in [-0.3, -0.25) is 0 Å². The average Bonchev–Trinajstić information content (AvgIpc) is 2.02. The Labute approximate surface area is 86.5 Å². The quantitative estimate of drug-likeness (QED) is 0.665. The van der Waals surface area contributed by atoms with Crippen molar-refractivity contribution in [3.8, 4) is 0 Å². The number of thioether (sulfide) groups is 1. The van der Waals surface area contributed by atoms with Crippen molar-refractivity contribution in [2.45, 2.75) is 45.3 Å². The lowest BCUT2D eigenvalue weighted by atomic mass is 10.1. The molecule has 0 saturated carbocycles. The molecule has 0 bridgehead atoms. The van der Waals surface area contributed by atoms with Crippen molar-refractivity contribution in [3.63, 3.8) is 0 Å². The lowest BCUT2D eigenvalue weighted by Crippen LogP contribution is -2.43. The first-order valence-electron chi connectivity index (χ1n) is 4.96. The lowest BCUT2D eigenvalue weighted by Gasteiger charge is -2.25. The van der Waals surface area contributed by atoms with Crippen LogP contribution in [0.4, 0.5) is 0 Å². The molecule has 0 amide bonds. The smallest absolute Gasteiger partial charge is 0.0833 e. The Bertz CT molecular complexity index is 128. The van der Waals surface area contributed by atoms with E-state index in [0.29, 0.717) is 12.6 Å². The summed E-state index contributed by atoms with van der Waals surface area (Å²) >= 11 is 1.68. The predicted molar refractivity (Wildman–Crippen MR) is 61.4 cm³/mol. The zero-order valence-corrected chi connectivity index (χ0v) is 10.1. The zero-order chi connectivity index (χ0) is 10.3. The maximum atomic E-state index is 9.85. The molecule has 0 aromatic rings. The summed E-state index contributed by atoms with van der Waals surface area (Å²) in [6.07, 6.45) is 4.39. The molecule has 0 aromatic carbocycles. The Balaban J connectivity index is 3.60. The fourth-order valence-corrected chi connectivity index (χ4v) is 2.02. The normalized spacial score (nSPS) is 18.2. The van der Waals surface area contributed by atoms with Crippen molar-refractivity contribution in [3.05, 3.63) is 0 Å². The van der Waals surface area contributed by atoms with Crippen LogP contribution in [-0.2, 0) is 0 Å². The molecule has 0 aromatic heterocycles. The van der Waals surface area contributed by atoms with E-state index in [1.807, 2.05) is 13.2 Å². The summed E-state index contributed by atoms with van der Waals surface area (Å²) in [6.45, 7) is 6.92. The van der Waals surface area contributed by atoms with Gasteiger partial charge in [0.1, 0.15) is 0 Å². The molecule has 0 saturated heterocycles. The van der Waals surface area contributed by atoms with Crippen molar-refractivity contribution in [2.24, 2.45) is 0 Å². The molecule has 0 fully saturated rings. The molecule has 2 unspecified atom stereocenters. The van der Waals surface area contributed by atoms with E-state index in [0.717, 1.165) is 5.75 Å². The van der Waals surface area contributed by atoms with Crippen molar-refractivity contribution in [2.75, 3.05) is 18.6 Å². The zero-order valence-electron chi connectivity index (χ0n) is 9.26. The van der Waals surface area contributed by atoms with E-state index in [1.165, 1.54) is 12.8 Å². The minimum Gasteiger partial charge on any atom is -0.388 e. The van der Waals surface area contributed by atoms with Gasteiger partial charge in [-0.1, -0.05) is 13.3 Å². The Morgan fingerprint density at radius 3 is 2.62 bits per heavy atom. The number of nitrogens with one attached hydrogen (secondary N) is 1. The molecule has 0 heterocycles. The van der Waals surface area contributed by atoms with E-state index in [-0.39, 0.29) is 0 Å². The van der Waals surface area contributed by atoms with Crippen molar-refractivity contribution >= 4 is 11.8 Å². The van der Waals surface area contributed by atoms with E-state index in [1.54, 1.807) is 11.8 Å². The first-order chi connectivity index (χ1) is 6.02. The molecule has 3 heteroatoms. The molecule has 2 atom stereocenters. The SMILES string of the molecule is CCCC(C)NCC(C)(O)CSC. The highest BCUT2D eigenvalue weighted by Gasteiger charge is 2.19. The number of hydrogen-bond acceptors (Lipinski definition) is 3. The highest BCUT2D eigenvalue weighted by Crippen LogP contribution is 2.09. The molecule has 0 aliphatic carbocycles. The fraction of sp³-hybridized carbons (Fsp3) is 1.00. The first kappa shape index (κ1) is 13.3. The van der Waals surface area contributed by atoms with Crippen LogP contribution in [0.15, 0.2) is 0 Å². The van der Waals surface area contributed by atoms with E-state index in [9.17, 15) is 5.11 Å². The van der Waals surface area contributed by atoms with Gasteiger partial charge >= 0.3 is 0 Å². The molecule has 2 N–H and O–H groups in total. The van der Waals surface area contributed by atoms with Crippen LogP contribution in [-0.4, -0.2) is 35.3 Å². The maximum Gasteiger partial charge on any atom is 0.0833 e. The van der Waals surface area contributed by atoms with Gasteiger partial charge in [-0.05, 0) is 26.5 Å². The molecule has 13 heavy (non-hydrogen) atoms. The molecule has 2 nitrogen and oxygen atoms in total. The largest absolute Gasteiger partial charge is 0.388 e.